The number of ether oxygens (including phenoxy) is 1. The Morgan fingerprint density at radius 2 is 1.00 bits per heavy atom. The molecule has 0 saturated heterocycles. The van der Waals surface area contributed by atoms with Crippen LogP contribution in [0.2, 0.25) is 0 Å². The summed E-state index contributed by atoms with van der Waals surface area (Å²) in [5.41, 5.74) is 0. The maximum atomic E-state index is 5.53. The third-order valence-electron chi connectivity index (χ3n) is 3.20. The summed E-state index contributed by atoms with van der Waals surface area (Å²) in [5, 5.41) is 1.38. The Labute approximate surface area is 130 Å². The predicted molar refractivity (Wildman–Crippen MR) is 93.0 cm³/mol. The second kappa shape index (κ2) is 14.4. The molecule has 0 aromatic carbocycles. The van der Waals surface area contributed by atoms with Crippen molar-refractivity contribution in [3.8, 4) is 0 Å². The summed E-state index contributed by atoms with van der Waals surface area (Å²) in [4.78, 5) is 0. The van der Waals surface area contributed by atoms with Crippen molar-refractivity contribution in [3.05, 3.63) is 0 Å². The Bertz CT molecular complexity index is 215. The lowest BCUT2D eigenvalue weighted by Crippen LogP contribution is -2.08. The third kappa shape index (κ3) is 14.2. The van der Waals surface area contributed by atoms with Crippen molar-refractivity contribution in [3.63, 3.8) is 0 Å². The zero-order valence-electron chi connectivity index (χ0n) is 12.7. The summed E-state index contributed by atoms with van der Waals surface area (Å²) in [6.45, 7) is 4.46. The van der Waals surface area contributed by atoms with Crippen LogP contribution < -0.4 is 0 Å². The van der Waals surface area contributed by atoms with Crippen LogP contribution in [0.4, 0.5) is 0 Å². The molecular formula is C16H30OS2. The van der Waals surface area contributed by atoms with Crippen LogP contribution in [0.5, 0.6) is 0 Å². The van der Waals surface area contributed by atoms with Crippen molar-refractivity contribution in [1.29, 1.82) is 0 Å². The lowest BCUT2D eigenvalue weighted by Gasteiger charge is -2.08. The lowest BCUT2D eigenvalue weighted by molar-refractivity contribution is 0.517. The van der Waals surface area contributed by atoms with Gasteiger partial charge in [0.25, 0.3) is 0 Å². The second-order valence-electron chi connectivity index (χ2n) is 5.17. The van der Waals surface area contributed by atoms with Gasteiger partial charge in [0, 0.05) is 12.8 Å². The highest BCUT2D eigenvalue weighted by Gasteiger charge is 2.03. The van der Waals surface area contributed by atoms with E-state index in [-0.39, 0.29) is 0 Å². The van der Waals surface area contributed by atoms with Gasteiger partial charge in [-0.3, -0.25) is 0 Å². The highest BCUT2D eigenvalue weighted by molar-refractivity contribution is 7.81. The summed E-state index contributed by atoms with van der Waals surface area (Å²) in [6, 6.07) is 0. The Kier molecular flexibility index (Phi) is 14.4. The second-order valence-corrected chi connectivity index (χ2v) is 6.09. The minimum absolute atomic E-state index is 0.690. The topological polar surface area (TPSA) is 9.23 Å². The van der Waals surface area contributed by atoms with Crippen molar-refractivity contribution >= 4 is 34.5 Å². The highest BCUT2D eigenvalue weighted by Crippen LogP contribution is 2.10. The maximum absolute atomic E-state index is 5.53. The molecule has 0 N–H and O–H groups in total. The van der Waals surface area contributed by atoms with Gasteiger partial charge in [0.15, 0.2) is 10.1 Å². The van der Waals surface area contributed by atoms with E-state index in [4.69, 9.17) is 29.2 Å². The first kappa shape index (κ1) is 19.0. The number of thiocarbonyl (C=S) groups is 2. The molecule has 0 radical (unpaired) electrons. The standard InChI is InChI=1S/C16H30OS2/c1-3-5-7-9-11-13-15(18)17-16(19)14-12-10-8-6-4-2/h3-14H2,1-2H3. The van der Waals surface area contributed by atoms with Crippen LogP contribution >= 0.6 is 24.4 Å². The molecule has 0 aromatic heterocycles. The van der Waals surface area contributed by atoms with Gasteiger partial charge in [-0.2, -0.15) is 0 Å². The first-order valence-electron chi connectivity index (χ1n) is 7.94. The minimum atomic E-state index is 0.690. The smallest absolute Gasteiger partial charge is 0.168 e. The SMILES string of the molecule is CCCCCCCC(=S)OC(=S)CCCCCCC. The van der Waals surface area contributed by atoms with Gasteiger partial charge in [-0.15, -0.1) is 0 Å². The zero-order valence-corrected chi connectivity index (χ0v) is 14.3. The fourth-order valence-corrected chi connectivity index (χ4v) is 2.52. The summed E-state index contributed by atoms with van der Waals surface area (Å²) in [5.74, 6) is 0. The largest absolute Gasteiger partial charge is 0.443 e. The van der Waals surface area contributed by atoms with Gasteiger partial charge in [-0.1, -0.05) is 65.2 Å². The van der Waals surface area contributed by atoms with Gasteiger partial charge in [-0.05, 0) is 37.3 Å². The predicted octanol–water partition coefficient (Wildman–Crippen LogP) is 6.38. The van der Waals surface area contributed by atoms with Crippen molar-refractivity contribution in [2.24, 2.45) is 0 Å². The molecule has 0 heterocycles. The molecule has 0 bridgehead atoms. The Morgan fingerprint density at radius 3 is 1.37 bits per heavy atom. The van der Waals surface area contributed by atoms with Gasteiger partial charge < -0.3 is 4.74 Å². The molecule has 3 heteroatoms. The van der Waals surface area contributed by atoms with E-state index in [0.717, 1.165) is 25.7 Å². The van der Waals surface area contributed by atoms with Crippen LogP contribution in [0, 0.1) is 0 Å². The number of rotatable bonds is 12. The molecule has 0 atom stereocenters. The average molecular weight is 303 g/mol. The van der Waals surface area contributed by atoms with Crippen LogP contribution in [0.25, 0.3) is 0 Å². The lowest BCUT2D eigenvalue weighted by atomic mass is 10.1. The monoisotopic (exact) mass is 302 g/mol. The number of hydrogen-bond donors (Lipinski definition) is 0. The molecule has 0 rings (SSSR count). The van der Waals surface area contributed by atoms with Gasteiger partial charge >= 0.3 is 0 Å². The molecule has 0 saturated carbocycles. The number of unbranched alkanes of at least 4 members (excludes halogenated alkanes) is 8. The van der Waals surface area contributed by atoms with E-state index in [1.54, 1.807) is 0 Å². The van der Waals surface area contributed by atoms with Crippen molar-refractivity contribution < 1.29 is 4.74 Å². The van der Waals surface area contributed by atoms with Crippen LogP contribution in [0.3, 0.4) is 0 Å². The van der Waals surface area contributed by atoms with E-state index in [0.29, 0.717) is 10.1 Å². The zero-order chi connectivity index (χ0) is 14.3. The van der Waals surface area contributed by atoms with Crippen molar-refractivity contribution in [1.82, 2.24) is 0 Å². The normalized spacial score (nSPS) is 10.4. The van der Waals surface area contributed by atoms with Gasteiger partial charge in [-0.25, -0.2) is 0 Å². The van der Waals surface area contributed by atoms with Crippen LogP contribution in [-0.4, -0.2) is 10.1 Å². The third-order valence-corrected chi connectivity index (χ3v) is 3.77. The first-order valence-corrected chi connectivity index (χ1v) is 8.75. The van der Waals surface area contributed by atoms with E-state index < -0.39 is 0 Å². The molecular weight excluding hydrogens is 272 g/mol. The van der Waals surface area contributed by atoms with E-state index in [2.05, 4.69) is 13.8 Å². The Morgan fingerprint density at radius 1 is 0.632 bits per heavy atom. The minimum Gasteiger partial charge on any atom is -0.443 e. The van der Waals surface area contributed by atoms with Gasteiger partial charge in [0.05, 0.1) is 0 Å². The molecule has 0 aromatic rings. The van der Waals surface area contributed by atoms with Gasteiger partial charge in [0.2, 0.25) is 0 Å². The van der Waals surface area contributed by atoms with E-state index in [1.165, 1.54) is 51.4 Å². The summed E-state index contributed by atoms with van der Waals surface area (Å²) < 4.78 is 5.53. The quantitative estimate of drug-likeness (QED) is 0.306. The van der Waals surface area contributed by atoms with E-state index in [9.17, 15) is 0 Å². The highest BCUT2D eigenvalue weighted by atomic mass is 32.1. The molecule has 112 valence electrons. The Balaban J connectivity index is 3.40. The summed E-state index contributed by atoms with van der Waals surface area (Å²) in [7, 11) is 0. The molecule has 1 nitrogen and oxygen atoms in total. The fraction of sp³-hybridized carbons (Fsp3) is 0.875. The molecule has 0 spiro atoms. The summed E-state index contributed by atoms with van der Waals surface area (Å²) in [6.07, 6.45) is 14.4. The van der Waals surface area contributed by atoms with E-state index in [1.807, 2.05) is 0 Å². The average Bonchev–Trinajstić information content (AvgIpc) is 2.38. The first-order chi connectivity index (χ1) is 9.20. The van der Waals surface area contributed by atoms with Crippen molar-refractivity contribution in [2.45, 2.75) is 90.9 Å². The fourth-order valence-electron chi connectivity index (χ4n) is 1.97. The molecule has 0 unspecified atom stereocenters. The molecule has 0 aliphatic heterocycles. The summed E-state index contributed by atoms with van der Waals surface area (Å²) >= 11 is 10.4. The molecule has 0 amide bonds. The Hall–Kier alpha value is -0.0200. The molecule has 0 fully saturated rings. The van der Waals surface area contributed by atoms with Crippen LogP contribution in [0.15, 0.2) is 0 Å². The molecule has 0 aliphatic carbocycles. The van der Waals surface area contributed by atoms with Crippen molar-refractivity contribution in [2.75, 3.05) is 0 Å². The molecule has 19 heavy (non-hydrogen) atoms. The van der Waals surface area contributed by atoms with E-state index >= 15 is 0 Å². The van der Waals surface area contributed by atoms with Crippen LogP contribution in [0.1, 0.15) is 90.9 Å². The molecule has 0 aliphatic rings. The number of hydrogen-bond acceptors (Lipinski definition) is 3. The van der Waals surface area contributed by atoms with Crippen LogP contribution in [-0.2, 0) is 4.74 Å². The van der Waals surface area contributed by atoms with Gasteiger partial charge in [0.1, 0.15) is 0 Å². The maximum Gasteiger partial charge on any atom is 0.168 e.